The number of nitrogens with zero attached hydrogens (tertiary/aromatic N) is 3. The van der Waals surface area contributed by atoms with Gasteiger partial charge in [-0.05, 0) is 49.9 Å². The molecule has 0 aliphatic carbocycles. The highest BCUT2D eigenvalue weighted by Crippen LogP contribution is 2.33. The van der Waals surface area contributed by atoms with E-state index >= 15 is 0 Å². The van der Waals surface area contributed by atoms with Crippen LogP contribution in [-0.2, 0) is 9.53 Å². The lowest BCUT2D eigenvalue weighted by Crippen LogP contribution is -2.39. The molecule has 9 nitrogen and oxygen atoms in total. The lowest BCUT2D eigenvalue weighted by molar-refractivity contribution is -0.385. The molecule has 4 aromatic rings. The average Bonchev–Trinajstić information content (AvgIpc) is 3.52. The minimum Gasteiger partial charge on any atom is -0.463 e. The van der Waals surface area contributed by atoms with E-state index in [0.717, 1.165) is 11.1 Å². The van der Waals surface area contributed by atoms with Crippen molar-refractivity contribution in [3.05, 3.63) is 118 Å². The zero-order valence-corrected chi connectivity index (χ0v) is 24.2. The predicted octanol–water partition coefficient (Wildman–Crippen LogP) is 5.40. The topological polar surface area (TPSA) is 117 Å². The molecule has 0 radical (unpaired) electrons. The number of thiazole rings is 1. The van der Waals surface area contributed by atoms with Gasteiger partial charge >= 0.3 is 5.97 Å². The number of furan rings is 1. The van der Waals surface area contributed by atoms with Crippen molar-refractivity contribution in [2.75, 3.05) is 6.61 Å². The minimum atomic E-state index is -0.701. The Morgan fingerprint density at radius 3 is 2.56 bits per heavy atom. The lowest BCUT2D eigenvalue weighted by atomic mass is 9.93. The van der Waals surface area contributed by atoms with Gasteiger partial charge in [-0.15, -0.1) is 0 Å². The zero-order chi connectivity index (χ0) is 29.4. The molecule has 2 aromatic carbocycles. The molecule has 1 aliphatic rings. The number of aromatic nitrogens is 1. The van der Waals surface area contributed by atoms with Crippen molar-refractivity contribution >= 4 is 29.1 Å². The van der Waals surface area contributed by atoms with Gasteiger partial charge in [0.25, 0.3) is 11.2 Å². The van der Waals surface area contributed by atoms with Crippen LogP contribution in [0.15, 0.2) is 80.1 Å². The number of hydrogen-bond donors (Lipinski definition) is 0. The molecule has 10 heteroatoms. The predicted molar refractivity (Wildman–Crippen MR) is 156 cm³/mol. The largest absolute Gasteiger partial charge is 0.463 e. The first-order chi connectivity index (χ1) is 19.6. The number of carbonyl (C=O) groups excluding carboxylic acids is 1. The first kappa shape index (κ1) is 28.0. The van der Waals surface area contributed by atoms with Crippen molar-refractivity contribution in [2.45, 2.75) is 46.6 Å². The van der Waals surface area contributed by atoms with Crippen LogP contribution in [-0.4, -0.2) is 22.1 Å². The maximum atomic E-state index is 13.9. The van der Waals surface area contributed by atoms with E-state index in [1.807, 2.05) is 24.3 Å². The number of carbonyl (C=O) groups is 1. The summed E-state index contributed by atoms with van der Waals surface area (Å²) in [4.78, 5) is 43.0. The second kappa shape index (κ2) is 11.1. The third kappa shape index (κ3) is 5.18. The summed E-state index contributed by atoms with van der Waals surface area (Å²) in [6.07, 6.45) is 1.63. The van der Waals surface area contributed by atoms with E-state index in [0.29, 0.717) is 49.2 Å². The molecule has 0 unspecified atom stereocenters. The van der Waals surface area contributed by atoms with Gasteiger partial charge in [-0.1, -0.05) is 61.6 Å². The Hall–Kier alpha value is -4.57. The summed E-state index contributed by atoms with van der Waals surface area (Å²) in [5.41, 5.74) is 3.52. The molecular formula is C31H29N3O6S. The molecule has 0 amide bonds. The second-order valence-corrected chi connectivity index (χ2v) is 11.0. The second-order valence-electron chi connectivity index (χ2n) is 10.0. The van der Waals surface area contributed by atoms with E-state index in [9.17, 15) is 19.7 Å². The molecule has 2 aromatic heterocycles. The van der Waals surface area contributed by atoms with Crippen molar-refractivity contribution in [3.63, 3.8) is 0 Å². The molecule has 5 rings (SSSR count). The van der Waals surface area contributed by atoms with Gasteiger partial charge in [0.2, 0.25) is 0 Å². The van der Waals surface area contributed by atoms with Gasteiger partial charge < -0.3 is 9.15 Å². The number of fused-ring (bicyclic) bond motifs is 1. The smallest absolute Gasteiger partial charge is 0.338 e. The number of rotatable bonds is 7. The number of allylic oxidation sites excluding steroid dienone is 1. The number of benzene rings is 2. The number of ether oxygens (including phenoxy) is 1. The van der Waals surface area contributed by atoms with Crippen molar-refractivity contribution < 1.29 is 18.9 Å². The van der Waals surface area contributed by atoms with Crippen molar-refractivity contribution in [1.82, 2.24) is 4.57 Å². The molecule has 1 atom stereocenters. The van der Waals surface area contributed by atoms with Crippen molar-refractivity contribution in [1.29, 1.82) is 0 Å². The van der Waals surface area contributed by atoms with Gasteiger partial charge in [0.15, 0.2) is 4.80 Å². The van der Waals surface area contributed by atoms with E-state index in [1.165, 1.54) is 22.0 Å². The fraction of sp³-hybridized carbons (Fsp3) is 0.258. The monoisotopic (exact) mass is 571 g/mol. The third-order valence-electron chi connectivity index (χ3n) is 7.10. The molecule has 41 heavy (non-hydrogen) atoms. The fourth-order valence-corrected chi connectivity index (χ4v) is 5.99. The summed E-state index contributed by atoms with van der Waals surface area (Å²) < 4.78 is 13.3. The Labute approximate surface area is 239 Å². The molecule has 210 valence electrons. The van der Waals surface area contributed by atoms with E-state index in [2.05, 4.69) is 18.8 Å². The molecule has 0 N–H and O–H groups in total. The average molecular weight is 572 g/mol. The molecular weight excluding hydrogens is 542 g/mol. The van der Waals surface area contributed by atoms with Crippen molar-refractivity contribution in [3.8, 4) is 11.3 Å². The van der Waals surface area contributed by atoms with Crippen LogP contribution in [0.3, 0.4) is 0 Å². The first-order valence-electron chi connectivity index (χ1n) is 13.2. The number of hydrogen-bond acceptors (Lipinski definition) is 8. The van der Waals surface area contributed by atoms with Crippen molar-refractivity contribution in [2.24, 2.45) is 4.99 Å². The van der Waals surface area contributed by atoms with Gasteiger partial charge in [-0.2, -0.15) is 0 Å². The van der Waals surface area contributed by atoms with Gasteiger partial charge in [0, 0.05) is 23.3 Å². The van der Waals surface area contributed by atoms with Crippen LogP contribution in [0.2, 0.25) is 0 Å². The SMILES string of the molecule is CCOC(=O)C1=C(C)N=c2s/c(=C\c3ccc(-c4cccc([N+](=O)[O-])c4C)o3)c(=O)n2[C@H]1c1ccc(C(C)C)cc1. The van der Waals surface area contributed by atoms with E-state index < -0.39 is 16.9 Å². The number of esters is 1. The molecule has 0 saturated carbocycles. The maximum Gasteiger partial charge on any atom is 0.338 e. The Balaban J connectivity index is 1.62. The van der Waals surface area contributed by atoms with E-state index in [1.54, 1.807) is 51.1 Å². The van der Waals surface area contributed by atoms with E-state index in [4.69, 9.17) is 9.15 Å². The summed E-state index contributed by atoms with van der Waals surface area (Å²) in [5, 5.41) is 11.4. The van der Waals surface area contributed by atoms with Crippen LogP contribution >= 0.6 is 11.3 Å². The molecule has 1 aliphatic heterocycles. The van der Waals surface area contributed by atoms with Crippen LogP contribution in [0.25, 0.3) is 17.4 Å². The quantitative estimate of drug-likeness (QED) is 0.167. The van der Waals surface area contributed by atoms with Gasteiger partial charge in [-0.3, -0.25) is 19.5 Å². The Kier molecular flexibility index (Phi) is 7.59. The maximum absolute atomic E-state index is 13.9. The summed E-state index contributed by atoms with van der Waals surface area (Å²) in [6.45, 7) is 9.56. The van der Waals surface area contributed by atoms with Crippen LogP contribution in [0.4, 0.5) is 5.69 Å². The highest BCUT2D eigenvalue weighted by Gasteiger charge is 2.33. The minimum absolute atomic E-state index is 0.00274. The standard InChI is InChI=1S/C31H29N3O6S/c1-6-39-30(36)27-19(5)32-31-33(28(27)21-12-10-20(11-13-21)17(2)3)29(35)26(41-31)16-22-14-15-25(40-22)23-8-7-9-24(18(23)4)34(37)38/h7-17,28H,6H2,1-5H3/b26-16-/t28-/m0/s1. The van der Waals surface area contributed by atoms with Crippen LogP contribution < -0.4 is 14.9 Å². The van der Waals surface area contributed by atoms with Crippen LogP contribution in [0.1, 0.15) is 62.1 Å². The molecule has 0 fully saturated rings. The lowest BCUT2D eigenvalue weighted by Gasteiger charge is -2.25. The van der Waals surface area contributed by atoms with Gasteiger partial charge in [0.1, 0.15) is 11.5 Å². The van der Waals surface area contributed by atoms with Gasteiger partial charge in [0.05, 0.1) is 33.4 Å². The van der Waals surface area contributed by atoms with Crippen LogP contribution in [0, 0.1) is 17.0 Å². The van der Waals surface area contributed by atoms with Gasteiger partial charge in [-0.25, -0.2) is 9.79 Å². The number of nitro benzene ring substituents is 1. The first-order valence-corrected chi connectivity index (χ1v) is 14.1. The third-order valence-corrected chi connectivity index (χ3v) is 8.09. The fourth-order valence-electron chi connectivity index (χ4n) is 4.96. The summed E-state index contributed by atoms with van der Waals surface area (Å²) in [6, 6.07) is 15.4. The highest BCUT2D eigenvalue weighted by molar-refractivity contribution is 7.07. The molecule has 0 saturated heterocycles. The zero-order valence-electron chi connectivity index (χ0n) is 23.3. The summed E-state index contributed by atoms with van der Waals surface area (Å²) in [5.74, 6) is 0.685. The molecule has 3 heterocycles. The number of nitro groups is 1. The van der Waals surface area contributed by atoms with Crippen LogP contribution in [0.5, 0.6) is 0 Å². The Morgan fingerprint density at radius 2 is 1.90 bits per heavy atom. The molecule has 0 bridgehead atoms. The Morgan fingerprint density at radius 1 is 1.17 bits per heavy atom. The highest BCUT2D eigenvalue weighted by atomic mass is 32.1. The van der Waals surface area contributed by atoms with E-state index in [-0.39, 0.29) is 17.9 Å². The normalized spacial score (nSPS) is 15.2. The summed E-state index contributed by atoms with van der Waals surface area (Å²) in [7, 11) is 0. The Bertz CT molecular complexity index is 1880. The molecule has 0 spiro atoms. The summed E-state index contributed by atoms with van der Waals surface area (Å²) >= 11 is 1.20.